The third-order valence-electron chi connectivity index (χ3n) is 7.17. The van der Waals surface area contributed by atoms with Crippen LogP contribution in [0.4, 0.5) is 11.6 Å². The van der Waals surface area contributed by atoms with Crippen LogP contribution in [0.1, 0.15) is 49.1 Å². The molecular weight excluding hydrogens is 650 g/mol. The maximum atomic E-state index is 14.1. The Labute approximate surface area is 269 Å². The summed E-state index contributed by atoms with van der Waals surface area (Å²) in [6, 6.07) is 16.8. The Balaban J connectivity index is 1.58. The van der Waals surface area contributed by atoms with Crippen molar-refractivity contribution in [2.75, 3.05) is 17.7 Å². The number of ether oxygens (including phenoxy) is 2. The van der Waals surface area contributed by atoms with Crippen LogP contribution in [0.25, 0.3) is 0 Å². The van der Waals surface area contributed by atoms with Crippen molar-refractivity contribution >= 4 is 56.8 Å². The number of anilines is 2. The molecule has 3 aromatic carbocycles. The number of rotatable bonds is 9. The van der Waals surface area contributed by atoms with Gasteiger partial charge in [0.05, 0.1) is 23.3 Å². The van der Waals surface area contributed by atoms with Gasteiger partial charge in [0.15, 0.2) is 11.5 Å². The molecule has 4 aromatic rings. The SMILES string of the molecule is COc1cc(C2C(C(=O)Nc3cccc(C)c3C)=C(C)Nc3nc(SCc4ccccc4Cl)nn32)cc(Br)c1OC(C)C. The highest BCUT2D eigenvalue weighted by molar-refractivity contribution is 9.10. The average Bonchev–Trinajstić information content (AvgIpc) is 3.37. The minimum absolute atomic E-state index is 0.0596. The summed E-state index contributed by atoms with van der Waals surface area (Å²) in [5, 5.41) is 12.6. The molecule has 1 unspecified atom stereocenters. The molecule has 2 N–H and O–H groups in total. The highest BCUT2D eigenvalue weighted by Gasteiger charge is 2.35. The van der Waals surface area contributed by atoms with E-state index >= 15 is 0 Å². The van der Waals surface area contributed by atoms with E-state index in [4.69, 9.17) is 31.2 Å². The third-order valence-corrected chi connectivity index (χ3v) is 9.01. The van der Waals surface area contributed by atoms with E-state index in [1.165, 1.54) is 11.8 Å². The van der Waals surface area contributed by atoms with E-state index < -0.39 is 6.04 Å². The van der Waals surface area contributed by atoms with Gasteiger partial charge in [0.2, 0.25) is 11.1 Å². The van der Waals surface area contributed by atoms with Gasteiger partial charge in [-0.2, -0.15) is 4.98 Å². The Morgan fingerprint density at radius 2 is 1.93 bits per heavy atom. The molecule has 0 spiro atoms. The van der Waals surface area contributed by atoms with Gasteiger partial charge in [-0.05, 0) is 97.1 Å². The predicted octanol–water partition coefficient (Wildman–Crippen LogP) is 8.33. The number of hydrogen-bond acceptors (Lipinski definition) is 7. The van der Waals surface area contributed by atoms with Crippen molar-refractivity contribution < 1.29 is 14.3 Å². The summed E-state index contributed by atoms with van der Waals surface area (Å²) < 4.78 is 14.2. The number of aryl methyl sites for hydroxylation is 1. The van der Waals surface area contributed by atoms with Crippen LogP contribution in [-0.4, -0.2) is 33.9 Å². The Morgan fingerprint density at radius 3 is 2.65 bits per heavy atom. The maximum absolute atomic E-state index is 14.1. The van der Waals surface area contributed by atoms with E-state index in [0.29, 0.717) is 49.1 Å². The molecule has 0 bridgehead atoms. The molecule has 1 aliphatic heterocycles. The molecule has 1 aromatic heterocycles. The summed E-state index contributed by atoms with van der Waals surface area (Å²) in [5.41, 5.74) is 5.80. The van der Waals surface area contributed by atoms with E-state index in [-0.39, 0.29) is 12.0 Å². The Morgan fingerprint density at radius 1 is 1.16 bits per heavy atom. The molecule has 8 nitrogen and oxygen atoms in total. The van der Waals surface area contributed by atoms with Gasteiger partial charge in [0, 0.05) is 22.2 Å². The first-order valence-electron chi connectivity index (χ1n) is 13.8. The normalized spacial score (nSPS) is 14.4. The average molecular weight is 683 g/mol. The van der Waals surface area contributed by atoms with Gasteiger partial charge in [-0.1, -0.05) is 53.7 Å². The van der Waals surface area contributed by atoms with Gasteiger partial charge in [-0.25, -0.2) is 4.68 Å². The minimum Gasteiger partial charge on any atom is -0.493 e. The van der Waals surface area contributed by atoms with Crippen LogP contribution < -0.4 is 20.1 Å². The molecule has 11 heteroatoms. The Hall–Kier alpha value is -3.47. The molecule has 5 rings (SSSR count). The molecule has 0 saturated heterocycles. The van der Waals surface area contributed by atoms with Crippen molar-refractivity contribution in [2.24, 2.45) is 0 Å². The van der Waals surface area contributed by atoms with Crippen molar-refractivity contribution in [3.63, 3.8) is 0 Å². The first kappa shape index (κ1) is 31.0. The molecular formula is C32H33BrClN5O3S. The number of aromatic nitrogens is 3. The third kappa shape index (κ3) is 6.56. The standard InChI is InChI=1S/C32H33BrClN5O3S/c1-17(2)42-29-23(33)14-22(15-26(29)41-6)28-27(30(40)36-25-13-9-10-18(3)19(25)4)20(5)35-31-37-32(38-39(28)31)43-16-21-11-7-8-12-24(21)34/h7-15,17,28H,16H2,1-6H3,(H,36,40)(H,35,37,38). The molecule has 1 atom stereocenters. The zero-order valence-corrected chi connectivity index (χ0v) is 27.9. The van der Waals surface area contributed by atoms with Gasteiger partial charge < -0.3 is 20.1 Å². The summed E-state index contributed by atoms with van der Waals surface area (Å²) >= 11 is 11.5. The van der Waals surface area contributed by atoms with Gasteiger partial charge in [0.25, 0.3) is 5.91 Å². The number of benzene rings is 3. The van der Waals surface area contributed by atoms with Crippen LogP contribution in [0, 0.1) is 13.8 Å². The van der Waals surface area contributed by atoms with Gasteiger partial charge in [-0.15, -0.1) is 5.10 Å². The smallest absolute Gasteiger partial charge is 0.255 e. The number of carbonyl (C=O) groups is 1. The number of amides is 1. The predicted molar refractivity (Wildman–Crippen MR) is 177 cm³/mol. The van der Waals surface area contributed by atoms with Gasteiger partial charge >= 0.3 is 0 Å². The number of nitrogens with zero attached hydrogens (tertiary/aromatic N) is 3. The fourth-order valence-electron chi connectivity index (χ4n) is 4.88. The van der Waals surface area contributed by atoms with E-state index in [0.717, 1.165) is 27.9 Å². The number of halogens is 2. The number of fused-ring (bicyclic) bond motifs is 1. The fourth-order valence-corrected chi connectivity index (χ4v) is 6.54. The van der Waals surface area contributed by atoms with E-state index in [2.05, 4.69) is 26.6 Å². The summed E-state index contributed by atoms with van der Waals surface area (Å²) in [5.74, 6) is 2.02. The molecule has 1 aliphatic rings. The number of methoxy groups -OCH3 is 1. The van der Waals surface area contributed by atoms with Crippen molar-refractivity contribution in [1.29, 1.82) is 0 Å². The second-order valence-electron chi connectivity index (χ2n) is 10.5. The highest BCUT2D eigenvalue weighted by Crippen LogP contribution is 2.44. The molecule has 1 amide bonds. The second-order valence-corrected chi connectivity index (χ2v) is 12.7. The summed E-state index contributed by atoms with van der Waals surface area (Å²) in [7, 11) is 1.60. The first-order valence-corrected chi connectivity index (χ1v) is 15.9. The monoisotopic (exact) mass is 681 g/mol. The van der Waals surface area contributed by atoms with Gasteiger partial charge in [0.1, 0.15) is 6.04 Å². The lowest BCUT2D eigenvalue weighted by molar-refractivity contribution is -0.113. The zero-order valence-electron chi connectivity index (χ0n) is 24.8. The number of nitrogens with one attached hydrogen (secondary N) is 2. The summed E-state index contributed by atoms with van der Waals surface area (Å²) in [4.78, 5) is 18.9. The molecule has 2 heterocycles. The van der Waals surface area contributed by atoms with Crippen LogP contribution in [0.5, 0.6) is 11.5 Å². The number of thioether (sulfide) groups is 1. The van der Waals surface area contributed by atoms with Crippen LogP contribution in [-0.2, 0) is 10.5 Å². The maximum Gasteiger partial charge on any atom is 0.255 e. The van der Waals surface area contributed by atoms with Crippen LogP contribution >= 0.6 is 39.3 Å². The summed E-state index contributed by atoms with van der Waals surface area (Å²) in [6.45, 7) is 9.81. The quantitative estimate of drug-likeness (QED) is 0.172. The number of allylic oxidation sites excluding steroid dienone is 1. The molecule has 0 radical (unpaired) electrons. The Kier molecular flexibility index (Phi) is 9.39. The first-order chi connectivity index (χ1) is 20.6. The fraction of sp³-hybridized carbons (Fsp3) is 0.281. The van der Waals surface area contributed by atoms with E-state index in [9.17, 15) is 4.79 Å². The molecule has 0 fully saturated rings. The van der Waals surface area contributed by atoms with Crippen molar-refractivity contribution in [3.8, 4) is 11.5 Å². The van der Waals surface area contributed by atoms with E-state index in [1.54, 1.807) is 11.8 Å². The Bertz CT molecular complexity index is 1720. The lowest BCUT2D eigenvalue weighted by Gasteiger charge is -2.29. The number of carbonyl (C=O) groups excluding carboxylic acids is 1. The van der Waals surface area contributed by atoms with E-state index in [1.807, 2.05) is 89.2 Å². The van der Waals surface area contributed by atoms with Crippen LogP contribution in [0.15, 0.2) is 75.5 Å². The van der Waals surface area contributed by atoms with Crippen molar-refractivity contribution in [3.05, 3.63) is 97.6 Å². The van der Waals surface area contributed by atoms with Crippen molar-refractivity contribution in [2.45, 2.75) is 57.7 Å². The molecule has 0 aliphatic carbocycles. The lowest BCUT2D eigenvalue weighted by atomic mass is 9.94. The van der Waals surface area contributed by atoms with Crippen LogP contribution in [0.3, 0.4) is 0 Å². The zero-order chi connectivity index (χ0) is 30.8. The lowest BCUT2D eigenvalue weighted by Crippen LogP contribution is -2.31. The molecule has 43 heavy (non-hydrogen) atoms. The highest BCUT2D eigenvalue weighted by atomic mass is 79.9. The molecule has 0 saturated carbocycles. The topological polar surface area (TPSA) is 90.3 Å². The van der Waals surface area contributed by atoms with Gasteiger partial charge in [-0.3, -0.25) is 4.79 Å². The molecule has 224 valence electrons. The van der Waals surface area contributed by atoms with Crippen molar-refractivity contribution in [1.82, 2.24) is 14.8 Å². The minimum atomic E-state index is -0.609. The summed E-state index contributed by atoms with van der Waals surface area (Å²) in [6.07, 6.45) is -0.0596. The largest absolute Gasteiger partial charge is 0.493 e. The number of hydrogen-bond donors (Lipinski definition) is 2. The second kappa shape index (κ2) is 13.0. The van der Waals surface area contributed by atoms with Crippen LogP contribution in [0.2, 0.25) is 5.02 Å².